The first-order valence-electron chi connectivity index (χ1n) is 7.92. The molecule has 2 aromatic rings. The van der Waals surface area contributed by atoms with Gasteiger partial charge in [-0.05, 0) is 36.4 Å². The zero-order chi connectivity index (χ0) is 16.1. The molecule has 124 valence electrons. The minimum absolute atomic E-state index is 0.292. The van der Waals surface area contributed by atoms with Crippen LogP contribution in [0.25, 0.3) is 0 Å². The standard InChI is InChI=1S/C16H21N3O2S2/c20-23(21,16-8-5-11-22-16)19-15-10-9-14(12-17-15)18-13-6-3-1-2-4-7-13/h5,8-13,18H,1-4,6-7H2,(H,17,19). The van der Waals surface area contributed by atoms with E-state index >= 15 is 0 Å². The Morgan fingerprint density at radius 2 is 1.87 bits per heavy atom. The lowest BCUT2D eigenvalue weighted by Gasteiger charge is -2.17. The first-order valence-corrected chi connectivity index (χ1v) is 10.3. The van der Waals surface area contributed by atoms with Crippen molar-refractivity contribution in [3.05, 3.63) is 35.8 Å². The van der Waals surface area contributed by atoms with Gasteiger partial charge in [-0.1, -0.05) is 31.7 Å². The number of nitrogens with zero attached hydrogens (tertiary/aromatic N) is 1. The van der Waals surface area contributed by atoms with Crippen molar-refractivity contribution in [2.45, 2.75) is 48.8 Å². The van der Waals surface area contributed by atoms with Crippen molar-refractivity contribution in [3.8, 4) is 0 Å². The van der Waals surface area contributed by atoms with E-state index < -0.39 is 10.0 Å². The molecule has 7 heteroatoms. The molecular formula is C16H21N3O2S2. The Kier molecular flexibility index (Phi) is 5.17. The lowest BCUT2D eigenvalue weighted by molar-refractivity contribution is 0.603. The summed E-state index contributed by atoms with van der Waals surface area (Å²) in [4.78, 5) is 4.21. The molecule has 0 unspecified atom stereocenters. The summed E-state index contributed by atoms with van der Waals surface area (Å²) in [7, 11) is -3.53. The van der Waals surface area contributed by atoms with Gasteiger partial charge >= 0.3 is 0 Å². The third kappa shape index (κ3) is 4.45. The van der Waals surface area contributed by atoms with E-state index in [1.165, 1.54) is 49.9 Å². The maximum Gasteiger partial charge on any atom is 0.272 e. The van der Waals surface area contributed by atoms with E-state index in [0.29, 0.717) is 16.1 Å². The van der Waals surface area contributed by atoms with Crippen LogP contribution in [0, 0.1) is 0 Å². The maximum atomic E-state index is 12.1. The van der Waals surface area contributed by atoms with E-state index in [2.05, 4.69) is 15.0 Å². The quantitative estimate of drug-likeness (QED) is 0.796. The van der Waals surface area contributed by atoms with Crippen molar-refractivity contribution < 1.29 is 8.42 Å². The molecule has 23 heavy (non-hydrogen) atoms. The average Bonchev–Trinajstić information content (AvgIpc) is 2.97. The van der Waals surface area contributed by atoms with Gasteiger partial charge in [-0.15, -0.1) is 11.3 Å². The Labute approximate surface area is 141 Å². The molecule has 0 saturated heterocycles. The van der Waals surface area contributed by atoms with Crippen molar-refractivity contribution >= 4 is 32.9 Å². The number of hydrogen-bond acceptors (Lipinski definition) is 5. The molecule has 1 fully saturated rings. The highest BCUT2D eigenvalue weighted by molar-refractivity contribution is 7.94. The molecule has 2 heterocycles. The largest absolute Gasteiger partial charge is 0.381 e. The first kappa shape index (κ1) is 16.3. The topological polar surface area (TPSA) is 71.1 Å². The van der Waals surface area contributed by atoms with Crippen LogP contribution < -0.4 is 10.0 Å². The average molecular weight is 351 g/mol. The highest BCUT2D eigenvalue weighted by Crippen LogP contribution is 2.22. The number of aromatic nitrogens is 1. The summed E-state index contributed by atoms with van der Waals surface area (Å²) < 4.78 is 27.1. The molecule has 0 radical (unpaired) electrons. The molecule has 0 spiro atoms. The molecule has 0 bridgehead atoms. The van der Waals surface area contributed by atoms with Crippen molar-refractivity contribution in [3.63, 3.8) is 0 Å². The highest BCUT2D eigenvalue weighted by Gasteiger charge is 2.16. The van der Waals surface area contributed by atoms with Crippen LogP contribution in [-0.2, 0) is 10.0 Å². The summed E-state index contributed by atoms with van der Waals surface area (Å²) in [6.07, 6.45) is 9.24. The molecule has 3 rings (SSSR count). The molecule has 0 aromatic carbocycles. The molecule has 2 N–H and O–H groups in total. The maximum absolute atomic E-state index is 12.1. The van der Waals surface area contributed by atoms with Crippen LogP contribution in [0.3, 0.4) is 0 Å². The second kappa shape index (κ2) is 7.31. The summed E-state index contributed by atoms with van der Waals surface area (Å²) in [6.45, 7) is 0. The summed E-state index contributed by atoms with van der Waals surface area (Å²) in [5, 5.41) is 5.24. The summed E-state index contributed by atoms with van der Waals surface area (Å²) in [5.74, 6) is 0.338. The SMILES string of the molecule is O=S(=O)(Nc1ccc(NC2CCCCCC2)cn1)c1cccs1. The lowest BCUT2D eigenvalue weighted by atomic mass is 10.1. The Bertz CT molecular complexity index is 704. The molecular weight excluding hydrogens is 330 g/mol. The number of pyridine rings is 1. The van der Waals surface area contributed by atoms with Gasteiger partial charge in [0.15, 0.2) is 0 Å². The molecule has 2 aromatic heterocycles. The van der Waals surface area contributed by atoms with E-state index in [-0.39, 0.29) is 0 Å². The fraction of sp³-hybridized carbons (Fsp3) is 0.438. The Morgan fingerprint density at radius 3 is 2.48 bits per heavy atom. The molecule has 1 aliphatic carbocycles. The normalized spacial score (nSPS) is 16.7. The second-order valence-electron chi connectivity index (χ2n) is 5.80. The van der Waals surface area contributed by atoms with Crippen LogP contribution in [0.15, 0.2) is 40.1 Å². The van der Waals surface area contributed by atoms with Crippen LogP contribution in [0.2, 0.25) is 0 Å². The fourth-order valence-electron chi connectivity index (χ4n) is 2.80. The van der Waals surface area contributed by atoms with Gasteiger partial charge < -0.3 is 5.32 Å². The monoisotopic (exact) mass is 351 g/mol. The van der Waals surface area contributed by atoms with E-state index in [0.717, 1.165) is 5.69 Å². The van der Waals surface area contributed by atoms with Gasteiger partial charge in [0.25, 0.3) is 10.0 Å². The van der Waals surface area contributed by atoms with Gasteiger partial charge in [-0.3, -0.25) is 4.72 Å². The van der Waals surface area contributed by atoms with E-state index in [1.807, 2.05) is 6.07 Å². The van der Waals surface area contributed by atoms with Crippen molar-refractivity contribution in [1.82, 2.24) is 4.98 Å². The summed E-state index contributed by atoms with van der Waals surface area (Å²) >= 11 is 1.19. The van der Waals surface area contributed by atoms with Crippen molar-refractivity contribution in [1.29, 1.82) is 0 Å². The number of thiophene rings is 1. The minimum Gasteiger partial charge on any atom is -0.381 e. The Morgan fingerprint density at radius 1 is 1.09 bits per heavy atom. The number of hydrogen-bond donors (Lipinski definition) is 2. The molecule has 5 nitrogen and oxygen atoms in total. The Balaban J connectivity index is 1.63. The first-order chi connectivity index (χ1) is 11.1. The Hall–Kier alpha value is -1.60. The van der Waals surface area contributed by atoms with Gasteiger partial charge in [0, 0.05) is 6.04 Å². The van der Waals surface area contributed by atoms with Crippen molar-refractivity contribution in [2.24, 2.45) is 0 Å². The highest BCUT2D eigenvalue weighted by atomic mass is 32.2. The van der Waals surface area contributed by atoms with Gasteiger partial charge in [0.05, 0.1) is 11.9 Å². The van der Waals surface area contributed by atoms with Crippen molar-refractivity contribution in [2.75, 3.05) is 10.0 Å². The molecule has 0 amide bonds. The van der Waals surface area contributed by atoms with Crippen LogP contribution in [0.1, 0.15) is 38.5 Å². The van der Waals surface area contributed by atoms with Crippen LogP contribution in [0.4, 0.5) is 11.5 Å². The zero-order valence-corrected chi connectivity index (χ0v) is 14.5. The second-order valence-corrected chi connectivity index (χ2v) is 8.66. The number of rotatable bonds is 5. The predicted octanol–water partition coefficient (Wildman–Crippen LogP) is 4.08. The minimum atomic E-state index is -3.53. The number of nitrogens with one attached hydrogen (secondary N) is 2. The summed E-state index contributed by atoms with van der Waals surface area (Å²) in [5.41, 5.74) is 0.941. The molecule has 0 aliphatic heterocycles. The lowest BCUT2D eigenvalue weighted by Crippen LogP contribution is -2.18. The zero-order valence-electron chi connectivity index (χ0n) is 12.9. The van der Waals surface area contributed by atoms with Gasteiger partial charge in [-0.25, -0.2) is 13.4 Å². The van der Waals surface area contributed by atoms with E-state index in [9.17, 15) is 8.42 Å². The number of sulfonamides is 1. The number of anilines is 2. The molecule has 0 atom stereocenters. The third-order valence-electron chi connectivity index (χ3n) is 3.99. The molecule has 1 aliphatic rings. The molecule has 1 saturated carbocycles. The van der Waals surface area contributed by atoms with E-state index in [1.54, 1.807) is 29.8 Å². The smallest absolute Gasteiger partial charge is 0.272 e. The van der Waals surface area contributed by atoms with Gasteiger partial charge in [-0.2, -0.15) is 0 Å². The van der Waals surface area contributed by atoms with Crippen LogP contribution in [-0.4, -0.2) is 19.4 Å². The van der Waals surface area contributed by atoms with Crippen LogP contribution in [0.5, 0.6) is 0 Å². The van der Waals surface area contributed by atoms with Gasteiger partial charge in [0.1, 0.15) is 10.0 Å². The predicted molar refractivity (Wildman–Crippen MR) is 94.5 cm³/mol. The van der Waals surface area contributed by atoms with E-state index in [4.69, 9.17) is 0 Å². The fourth-order valence-corrected chi connectivity index (χ4v) is 4.80. The van der Waals surface area contributed by atoms with Crippen LogP contribution >= 0.6 is 11.3 Å². The summed E-state index contributed by atoms with van der Waals surface area (Å²) in [6, 6.07) is 7.36. The third-order valence-corrected chi connectivity index (χ3v) is 6.74. The van der Waals surface area contributed by atoms with Gasteiger partial charge in [0.2, 0.25) is 0 Å².